The number of methoxy groups -OCH3 is 1. The van der Waals surface area contributed by atoms with Crippen molar-refractivity contribution in [1.82, 2.24) is 5.32 Å². The third-order valence-corrected chi connectivity index (χ3v) is 7.25. The molecule has 7 nitrogen and oxygen atoms in total. The van der Waals surface area contributed by atoms with Crippen molar-refractivity contribution in [2.45, 2.75) is 51.8 Å². The second-order valence-electron chi connectivity index (χ2n) is 10.0. The molecule has 3 rings (SSSR count). The van der Waals surface area contributed by atoms with Crippen LogP contribution in [0.2, 0.25) is 0 Å². The van der Waals surface area contributed by atoms with Crippen LogP contribution < -0.4 is 15.8 Å². The molecule has 2 amide bonds. The van der Waals surface area contributed by atoms with E-state index in [1.54, 1.807) is 31.4 Å². The van der Waals surface area contributed by atoms with Gasteiger partial charge in [-0.05, 0) is 54.3 Å². The molecule has 0 saturated carbocycles. The highest BCUT2D eigenvalue weighted by molar-refractivity contribution is 5.97. The fourth-order valence-electron chi connectivity index (χ4n) is 5.40. The van der Waals surface area contributed by atoms with Crippen molar-refractivity contribution >= 4 is 11.8 Å². The average molecular weight is 533 g/mol. The van der Waals surface area contributed by atoms with E-state index >= 15 is 0 Å². The van der Waals surface area contributed by atoms with Crippen molar-refractivity contribution in [2.75, 3.05) is 26.7 Å². The van der Waals surface area contributed by atoms with Crippen LogP contribution in [0.3, 0.4) is 0 Å². The number of carbonyl (C=O) groups is 2. The second kappa shape index (κ2) is 14.6. The van der Waals surface area contributed by atoms with Gasteiger partial charge in [0.05, 0.1) is 25.8 Å². The fourth-order valence-corrected chi connectivity index (χ4v) is 5.40. The number of ether oxygens (including phenoxy) is 1. The number of rotatable bonds is 15. The van der Waals surface area contributed by atoms with Crippen LogP contribution in [0, 0.1) is 0 Å². The number of hydrogen-bond donors (Lipinski definition) is 3. The SMILES string of the molecule is CCC[N+](CCC)(C(=O)c1cccc(C(N)=O)c1)[C@@H](Cc1ccccc1)[C@H](O)CNCc1ccc(OC)cc1. The van der Waals surface area contributed by atoms with Crippen molar-refractivity contribution < 1.29 is 23.9 Å². The first kappa shape index (κ1) is 30.0. The van der Waals surface area contributed by atoms with E-state index in [1.807, 2.05) is 54.6 Å². The molecule has 3 aromatic carbocycles. The fraction of sp³-hybridized carbons (Fsp3) is 0.375. The molecule has 0 bridgehead atoms. The minimum absolute atomic E-state index is 0.0928. The van der Waals surface area contributed by atoms with Crippen molar-refractivity contribution in [1.29, 1.82) is 0 Å². The van der Waals surface area contributed by atoms with Gasteiger partial charge in [-0.15, -0.1) is 0 Å². The highest BCUT2D eigenvalue weighted by Crippen LogP contribution is 2.27. The van der Waals surface area contributed by atoms with Gasteiger partial charge in [0.15, 0.2) is 0 Å². The van der Waals surface area contributed by atoms with Crippen LogP contribution in [0.4, 0.5) is 0 Å². The number of nitrogens with two attached hydrogens (primary N) is 1. The van der Waals surface area contributed by atoms with Crippen LogP contribution in [0.1, 0.15) is 58.5 Å². The minimum Gasteiger partial charge on any atom is -0.497 e. The maximum Gasteiger partial charge on any atom is 0.346 e. The predicted molar refractivity (Wildman–Crippen MR) is 155 cm³/mol. The molecule has 0 fully saturated rings. The van der Waals surface area contributed by atoms with Crippen LogP contribution in [0.15, 0.2) is 78.9 Å². The van der Waals surface area contributed by atoms with Crippen LogP contribution in [0.5, 0.6) is 5.75 Å². The molecule has 3 aromatic rings. The van der Waals surface area contributed by atoms with Crippen LogP contribution >= 0.6 is 0 Å². The van der Waals surface area contributed by atoms with E-state index in [1.165, 1.54) is 0 Å². The first-order valence-electron chi connectivity index (χ1n) is 13.7. The number of nitrogens with one attached hydrogen (secondary N) is 1. The normalized spacial score (nSPS) is 13.0. The molecule has 0 saturated heterocycles. The average Bonchev–Trinajstić information content (AvgIpc) is 2.96. The molecule has 0 spiro atoms. The van der Waals surface area contributed by atoms with E-state index in [9.17, 15) is 14.7 Å². The predicted octanol–water partition coefficient (Wildman–Crippen LogP) is 4.33. The monoisotopic (exact) mass is 532 g/mol. The van der Waals surface area contributed by atoms with Gasteiger partial charge < -0.3 is 20.9 Å². The molecular weight excluding hydrogens is 490 g/mol. The quantitative estimate of drug-likeness (QED) is 0.253. The summed E-state index contributed by atoms with van der Waals surface area (Å²) in [6.45, 7) is 6.16. The molecule has 2 atom stereocenters. The van der Waals surface area contributed by atoms with Gasteiger partial charge in [0, 0.05) is 25.1 Å². The number of amides is 2. The van der Waals surface area contributed by atoms with Gasteiger partial charge in [-0.3, -0.25) is 9.28 Å². The van der Waals surface area contributed by atoms with Gasteiger partial charge in [-0.2, -0.15) is 0 Å². The van der Waals surface area contributed by atoms with E-state index in [0.717, 1.165) is 29.7 Å². The number of quaternary nitrogens is 1. The summed E-state index contributed by atoms with van der Waals surface area (Å²) in [5, 5.41) is 15.1. The zero-order chi connectivity index (χ0) is 28.3. The number of benzene rings is 3. The Morgan fingerprint density at radius 2 is 1.54 bits per heavy atom. The van der Waals surface area contributed by atoms with Gasteiger partial charge in [0.2, 0.25) is 5.91 Å². The Hall–Kier alpha value is -3.52. The van der Waals surface area contributed by atoms with Gasteiger partial charge in [0.25, 0.3) is 0 Å². The van der Waals surface area contributed by atoms with Crippen molar-refractivity contribution in [3.05, 3.63) is 101 Å². The standard InChI is InChI=1S/C32H41N3O4/c1-4-18-35(19-5-2,32(38)27-13-9-12-26(21-27)31(33)37)29(20-24-10-7-6-8-11-24)30(36)23-34-22-25-14-16-28(39-3)17-15-25/h6-17,21,29-30,34,36H,4-5,18-20,22-23H2,1-3H3,(H-,33,37)/p+1/t29-,30+/m0/s1. The largest absolute Gasteiger partial charge is 0.497 e. The molecule has 39 heavy (non-hydrogen) atoms. The topological polar surface area (TPSA) is 102 Å². The Bertz CT molecular complexity index is 1190. The maximum absolute atomic E-state index is 14.4. The molecule has 0 aliphatic carbocycles. The van der Waals surface area contributed by atoms with E-state index in [0.29, 0.717) is 43.7 Å². The van der Waals surface area contributed by atoms with Crippen molar-refractivity contribution in [3.63, 3.8) is 0 Å². The lowest BCUT2D eigenvalue weighted by Crippen LogP contribution is -2.65. The third kappa shape index (κ3) is 7.76. The molecule has 0 unspecified atom stereocenters. The summed E-state index contributed by atoms with van der Waals surface area (Å²) >= 11 is 0. The summed E-state index contributed by atoms with van der Waals surface area (Å²) < 4.78 is 5.34. The summed E-state index contributed by atoms with van der Waals surface area (Å²) in [6, 6.07) is 24.0. The van der Waals surface area contributed by atoms with Crippen LogP contribution in [-0.4, -0.2) is 60.3 Å². The van der Waals surface area contributed by atoms with Crippen molar-refractivity contribution in [3.8, 4) is 5.75 Å². The Labute approximate surface area is 232 Å². The summed E-state index contributed by atoms with van der Waals surface area (Å²) in [7, 11) is 1.64. The molecule has 7 heteroatoms. The minimum atomic E-state index is -0.801. The number of primary amides is 1. The summed E-state index contributed by atoms with van der Waals surface area (Å²) in [6.07, 6.45) is 1.26. The molecule has 0 radical (unpaired) electrons. The van der Waals surface area contributed by atoms with Gasteiger partial charge >= 0.3 is 5.91 Å². The Morgan fingerprint density at radius 3 is 2.13 bits per heavy atom. The van der Waals surface area contributed by atoms with Crippen molar-refractivity contribution in [2.24, 2.45) is 5.73 Å². The zero-order valence-corrected chi connectivity index (χ0v) is 23.3. The summed E-state index contributed by atoms with van der Waals surface area (Å²) in [5.74, 6) is 0.121. The van der Waals surface area contributed by atoms with E-state index in [-0.39, 0.29) is 10.4 Å². The third-order valence-electron chi connectivity index (χ3n) is 7.25. The number of hydrogen-bond acceptors (Lipinski definition) is 5. The molecule has 0 aliphatic rings. The molecule has 208 valence electrons. The van der Waals surface area contributed by atoms with Crippen LogP contribution in [-0.2, 0) is 13.0 Å². The van der Waals surface area contributed by atoms with E-state index < -0.39 is 18.1 Å². The number of nitrogens with zero attached hydrogens (tertiary/aromatic N) is 1. The van der Waals surface area contributed by atoms with E-state index in [4.69, 9.17) is 10.5 Å². The lowest BCUT2D eigenvalue weighted by molar-refractivity contribution is -0.878. The lowest BCUT2D eigenvalue weighted by atomic mass is 9.94. The van der Waals surface area contributed by atoms with Gasteiger partial charge in [-0.1, -0.05) is 62.4 Å². The number of aliphatic hydroxyl groups excluding tert-OH is 1. The number of aliphatic hydroxyl groups is 1. The smallest absolute Gasteiger partial charge is 0.346 e. The zero-order valence-electron chi connectivity index (χ0n) is 23.3. The Kier molecular flexibility index (Phi) is 11.2. The highest BCUT2D eigenvalue weighted by Gasteiger charge is 2.47. The highest BCUT2D eigenvalue weighted by atomic mass is 16.5. The molecular formula is C32H42N3O4+. The summed E-state index contributed by atoms with van der Waals surface area (Å²) in [4.78, 5) is 26.3. The Morgan fingerprint density at radius 1 is 0.897 bits per heavy atom. The Balaban J connectivity index is 1.96. The number of carbonyl (C=O) groups excluding carboxylic acids is 2. The second-order valence-corrected chi connectivity index (χ2v) is 10.0. The lowest BCUT2D eigenvalue weighted by Gasteiger charge is -2.44. The van der Waals surface area contributed by atoms with E-state index in [2.05, 4.69) is 19.2 Å². The van der Waals surface area contributed by atoms with Crippen LogP contribution in [0.25, 0.3) is 0 Å². The molecule has 4 N–H and O–H groups in total. The molecule has 0 heterocycles. The van der Waals surface area contributed by atoms with Gasteiger partial charge in [-0.25, -0.2) is 4.79 Å². The molecule has 0 aromatic heterocycles. The first-order valence-corrected chi connectivity index (χ1v) is 13.7. The summed E-state index contributed by atoms with van der Waals surface area (Å²) in [5.41, 5.74) is 8.40. The molecule has 0 aliphatic heterocycles. The first-order chi connectivity index (χ1) is 18.8. The maximum atomic E-state index is 14.4. The van der Waals surface area contributed by atoms with Gasteiger partial charge in [0.1, 0.15) is 17.9 Å².